The van der Waals surface area contributed by atoms with E-state index in [-0.39, 0.29) is 0 Å². The molecular weight excluding hydrogens is 246 g/mol. The van der Waals surface area contributed by atoms with Gasteiger partial charge in [0, 0.05) is 26.1 Å². The van der Waals surface area contributed by atoms with Crippen molar-refractivity contribution < 1.29 is 0 Å². The molecule has 0 amide bonds. The van der Waals surface area contributed by atoms with Crippen molar-refractivity contribution in [1.29, 1.82) is 0 Å². The van der Waals surface area contributed by atoms with E-state index in [0.29, 0.717) is 0 Å². The fraction of sp³-hybridized carbons (Fsp3) is 0.824. The summed E-state index contributed by atoms with van der Waals surface area (Å²) in [6.07, 6.45) is 16.3. The number of hydrogen-bond donors (Lipinski definition) is 1. The van der Waals surface area contributed by atoms with Crippen LogP contribution in [0.2, 0.25) is 0 Å². The van der Waals surface area contributed by atoms with Gasteiger partial charge in [-0.3, -0.25) is 4.99 Å². The minimum absolute atomic E-state index is 0.739. The summed E-state index contributed by atoms with van der Waals surface area (Å²) in [5.41, 5.74) is 5.62. The number of hydrogen-bond acceptors (Lipinski definition) is 3. The SMILES string of the molecule is CCCC/C=C/CCCCCCC1=NCCN1CCN. The van der Waals surface area contributed by atoms with Gasteiger partial charge >= 0.3 is 0 Å². The van der Waals surface area contributed by atoms with E-state index in [0.717, 1.165) is 32.6 Å². The van der Waals surface area contributed by atoms with Gasteiger partial charge in [-0.25, -0.2) is 0 Å². The van der Waals surface area contributed by atoms with E-state index in [4.69, 9.17) is 5.73 Å². The Hall–Kier alpha value is -0.830. The second-order valence-electron chi connectivity index (χ2n) is 5.64. The molecule has 0 spiro atoms. The molecule has 116 valence electrons. The van der Waals surface area contributed by atoms with Crippen LogP contribution in [-0.2, 0) is 0 Å². The Morgan fingerprint density at radius 2 is 1.85 bits per heavy atom. The zero-order valence-electron chi connectivity index (χ0n) is 13.3. The summed E-state index contributed by atoms with van der Waals surface area (Å²) in [6, 6.07) is 0. The van der Waals surface area contributed by atoms with Crippen LogP contribution in [0.3, 0.4) is 0 Å². The van der Waals surface area contributed by atoms with Gasteiger partial charge in [0.2, 0.25) is 0 Å². The van der Waals surface area contributed by atoms with Gasteiger partial charge in [-0.2, -0.15) is 0 Å². The average molecular weight is 279 g/mol. The fourth-order valence-electron chi connectivity index (χ4n) is 2.62. The zero-order chi connectivity index (χ0) is 14.5. The van der Waals surface area contributed by atoms with Crippen molar-refractivity contribution in [3.63, 3.8) is 0 Å². The second kappa shape index (κ2) is 12.0. The lowest BCUT2D eigenvalue weighted by Gasteiger charge is -2.19. The van der Waals surface area contributed by atoms with Crippen LogP contribution in [0.25, 0.3) is 0 Å². The summed E-state index contributed by atoms with van der Waals surface area (Å²) in [4.78, 5) is 6.94. The van der Waals surface area contributed by atoms with Gasteiger partial charge in [0.25, 0.3) is 0 Å². The lowest BCUT2D eigenvalue weighted by atomic mass is 10.1. The van der Waals surface area contributed by atoms with Crippen molar-refractivity contribution in [2.24, 2.45) is 10.7 Å². The minimum atomic E-state index is 0.739. The van der Waals surface area contributed by atoms with Crippen LogP contribution in [0.15, 0.2) is 17.1 Å². The average Bonchev–Trinajstić information content (AvgIpc) is 2.89. The molecule has 1 rings (SSSR count). The number of rotatable bonds is 12. The van der Waals surface area contributed by atoms with E-state index >= 15 is 0 Å². The number of unbranched alkanes of at least 4 members (excludes halogenated alkanes) is 6. The summed E-state index contributed by atoms with van der Waals surface area (Å²) < 4.78 is 0. The molecule has 2 N–H and O–H groups in total. The van der Waals surface area contributed by atoms with Crippen LogP contribution < -0.4 is 5.73 Å². The third kappa shape index (κ3) is 7.68. The van der Waals surface area contributed by atoms with Crippen LogP contribution in [0.5, 0.6) is 0 Å². The number of nitrogens with zero attached hydrogens (tertiary/aromatic N) is 2. The lowest BCUT2D eigenvalue weighted by molar-refractivity contribution is 0.456. The predicted molar refractivity (Wildman–Crippen MR) is 89.3 cm³/mol. The molecule has 0 aromatic heterocycles. The van der Waals surface area contributed by atoms with Gasteiger partial charge in [0.15, 0.2) is 0 Å². The topological polar surface area (TPSA) is 41.6 Å². The van der Waals surface area contributed by atoms with E-state index in [2.05, 4.69) is 29.0 Å². The van der Waals surface area contributed by atoms with Gasteiger partial charge in [0.1, 0.15) is 0 Å². The van der Waals surface area contributed by atoms with Gasteiger partial charge in [0.05, 0.1) is 12.4 Å². The van der Waals surface area contributed by atoms with Crippen LogP contribution in [-0.4, -0.2) is 36.9 Å². The fourth-order valence-corrected chi connectivity index (χ4v) is 2.62. The van der Waals surface area contributed by atoms with E-state index in [9.17, 15) is 0 Å². The highest BCUT2D eigenvalue weighted by Gasteiger charge is 2.14. The standard InChI is InChI=1S/C17H33N3/c1-2-3-4-5-6-7-8-9-10-11-12-17-19-14-16-20(17)15-13-18/h5-6H,2-4,7-16,18H2,1H3/b6-5+. The number of allylic oxidation sites excluding steroid dienone is 2. The Kier molecular flexibility index (Phi) is 10.3. The van der Waals surface area contributed by atoms with Crippen LogP contribution in [0, 0.1) is 0 Å². The Bertz CT molecular complexity index is 284. The third-order valence-electron chi connectivity index (χ3n) is 3.84. The molecule has 20 heavy (non-hydrogen) atoms. The van der Waals surface area contributed by atoms with Crippen LogP contribution >= 0.6 is 0 Å². The second-order valence-corrected chi connectivity index (χ2v) is 5.64. The van der Waals surface area contributed by atoms with Crippen molar-refractivity contribution in [3.8, 4) is 0 Å². The highest BCUT2D eigenvalue weighted by molar-refractivity contribution is 5.83. The van der Waals surface area contributed by atoms with Crippen molar-refractivity contribution in [2.75, 3.05) is 26.2 Å². The molecule has 1 aliphatic rings. The summed E-state index contributed by atoms with van der Waals surface area (Å²) in [5, 5.41) is 0. The molecule has 0 fully saturated rings. The highest BCUT2D eigenvalue weighted by Crippen LogP contribution is 2.11. The van der Waals surface area contributed by atoms with E-state index in [1.807, 2.05) is 0 Å². The van der Waals surface area contributed by atoms with Crippen LogP contribution in [0.1, 0.15) is 64.7 Å². The molecule has 0 bridgehead atoms. The Labute approximate surface area is 125 Å². The first-order chi connectivity index (χ1) is 9.88. The smallest absolute Gasteiger partial charge is 0.0990 e. The lowest BCUT2D eigenvalue weighted by Crippen LogP contribution is -2.32. The molecule has 0 saturated carbocycles. The molecule has 0 aromatic carbocycles. The third-order valence-corrected chi connectivity index (χ3v) is 3.84. The predicted octanol–water partition coefficient (Wildman–Crippen LogP) is 3.75. The molecule has 0 radical (unpaired) electrons. The molecule has 0 unspecified atom stereocenters. The number of nitrogens with two attached hydrogens (primary N) is 1. The van der Waals surface area contributed by atoms with Gasteiger partial charge in [-0.05, 0) is 25.7 Å². The van der Waals surface area contributed by atoms with Gasteiger partial charge in [-0.15, -0.1) is 0 Å². The maximum Gasteiger partial charge on any atom is 0.0990 e. The van der Waals surface area contributed by atoms with E-state index < -0.39 is 0 Å². The molecule has 3 nitrogen and oxygen atoms in total. The van der Waals surface area contributed by atoms with E-state index in [1.54, 1.807) is 0 Å². The Morgan fingerprint density at radius 3 is 2.60 bits per heavy atom. The van der Waals surface area contributed by atoms with Crippen molar-refractivity contribution in [2.45, 2.75) is 64.7 Å². The molecule has 0 aliphatic carbocycles. The summed E-state index contributed by atoms with van der Waals surface area (Å²) in [6.45, 7) is 6.01. The maximum atomic E-state index is 5.62. The van der Waals surface area contributed by atoms with Gasteiger partial charge in [-0.1, -0.05) is 44.8 Å². The molecule has 1 heterocycles. The summed E-state index contributed by atoms with van der Waals surface area (Å²) in [5.74, 6) is 1.30. The normalized spacial score (nSPS) is 15.3. The molecular formula is C17H33N3. The minimum Gasteiger partial charge on any atom is -0.357 e. The van der Waals surface area contributed by atoms with Crippen LogP contribution in [0.4, 0.5) is 0 Å². The zero-order valence-corrected chi connectivity index (χ0v) is 13.3. The van der Waals surface area contributed by atoms with Crippen molar-refractivity contribution >= 4 is 5.84 Å². The quantitative estimate of drug-likeness (QED) is 0.437. The van der Waals surface area contributed by atoms with Crippen molar-refractivity contribution in [1.82, 2.24) is 4.90 Å². The monoisotopic (exact) mass is 279 g/mol. The first kappa shape index (κ1) is 17.2. The molecule has 0 aromatic rings. The Balaban J connectivity index is 1.93. The maximum absolute atomic E-state index is 5.62. The first-order valence-electron chi connectivity index (χ1n) is 8.51. The molecule has 0 atom stereocenters. The van der Waals surface area contributed by atoms with E-state index in [1.165, 1.54) is 57.2 Å². The molecule has 0 saturated heterocycles. The largest absolute Gasteiger partial charge is 0.357 e. The number of aliphatic imine (C=N–C) groups is 1. The summed E-state index contributed by atoms with van der Waals surface area (Å²) >= 11 is 0. The summed E-state index contributed by atoms with van der Waals surface area (Å²) in [7, 11) is 0. The van der Waals surface area contributed by atoms with Crippen molar-refractivity contribution in [3.05, 3.63) is 12.2 Å². The first-order valence-corrected chi connectivity index (χ1v) is 8.51. The Morgan fingerprint density at radius 1 is 1.10 bits per heavy atom. The van der Waals surface area contributed by atoms with Gasteiger partial charge < -0.3 is 10.6 Å². The number of amidine groups is 1. The molecule has 3 heteroatoms. The highest BCUT2D eigenvalue weighted by atomic mass is 15.2. The molecule has 1 aliphatic heterocycles.